The molecule has 1 N–H and O–H groups in total. The lowest BCUT2D eigenvalue weighted by atomic mass is 10.0. The van der Waals surface area contributed by atoms with Gasteiger partial charge in [0.25, 0.3) is 0 Å². The topological polar surface area (TPSA) is 73.2 Å². The molecular weight excluding hydrogens is 282 g/mol. The van der Waals surface area contributed by atoms with Gasteiger partial charge < -0.3 is 10.1 Å². The van der Waals surface area contributed by atoms with Crippen LogP contribution in [-0.2, 0) is 16.6 Å². The highest BCUT2D eigenvalue weighted by Gasteiger charge is 2.67. The fraction of sp³-hybridized carbons (Fsp3) is 0.688. The van der Waals surface area contributed by atoms with Crippen molar-refractivity contribution in [1.29, 1.82) is 0 Å². The Kier molecular flexibility index (Phi) is 3.03. The van der Waals surface area contributed by atoms with Gasteiger partial charge in [-0.1, -0.05) is 0 Å². The van der Waals surface area contributed by atoms with Gasteiger partial charge in [-0.2, -0.15) is 5.10 Å². The number of hydrogen-bond acceptors (Lipinski definition) is 4. The van der Waals surface area contributed by atoms with Crippen molar-refractivity contribution >= 4 is 17.7 Å². The first-order chi connectivity index (χ1) is 10.6. The fourth-order valence-corrected chi connectivity index (χ4v) is 4.81. The summed E-state index contributed by atoms with van der Waals surface area (Å²) >= 11 is 0. The van der Waals surface area contributed by atoms with Gasteiger partial charge >= 0.3 is 5.97 Å². The largest absolute Gasteiger partial charge is 0.462 e. The molecule has 1 aromatic heterocycles. The molecule has 0 aromatic carbocycles. The zero-order chi connectivity index (χ0) is 15.4. The van der Waals surface area contributed by atoms with E-state index in [1.54, 1.807) is 20.2 Å². The van der Waals surface area contributed by atoms with Crippen molar-refractivity contribution in [3.63, 3.8) is 0 Å². The van der Waals surface area contributed by atoms with Crippen molar-refractivity contribution in [2.24, 2.45) is 36.6 Å². The molecule has 0 spiro atoms. The third-order valence-corrected chi connectivity index (χ3v) is 5.60. The molecule has 1 unspecified atom stereocenters. The number of aromatic nitrogens is 2. The Labute approximate surface area is 129 Å². The molecule has 6 heteroatoms. The second-order valence-corrected chi connectivity index (χ2v) is 6.79. The quantitative estimate of drug-likeness (QED) is 0.861. The molecule has 3 aliphatic rings. The van der Waals surface area contributed by atoms with E-state index in [9.17, 15) is 9.59 Å². The highest BCUT2D eigenvalue weighted by Crippen LogP contribution is 2.69. The molecule has 3 fully saturated rings. The van der Waals surface area contributed by atoms with E-state index < -0.39 is 5.97 Å². The van der Waals surface area contributed by atoms with Crippen LogP contribution in [0.1, 0.15) is 36.5 Å². The van der Waals surface area contributed by atoms with Gasteiger partial charge in [-0.3, -0.25) is 9.48 Å². The van der Waals surface area contributed by atoms with Crippen molar-refractivity contribution in [3.8, 4) is 0 Å². The number of nitrogens with one attached hydrogen (secondary N) is 1. The van der Waals surface area contributed by atoms with E-state index in [0.717, 1.165) is 11.8 Å². The zero-order valence-electron chi connectivity index (χ0n) is 12.9. The van der Waals surface area contributed by atoms with Crippen LogP contribution in [0.2, 0.25) is 0 Å². The summed E-state index contributed by atoms with van der Waals surface area (Å²) in [6.45, 7) is 2.06. The molecule has 1 heterocycles. The molecule has 1 aromatic rings. The zero-order valence-corrected chi connectivity index (χ0v) is 12.9. The normalized spacial score (nSPS) is 34.4. The summed E-state index contributed by atoms with van der Waals surface area (Å²) in [4.78, 5) is 24.5. The first-order valence-corrected chi connectivity index (χ1v) is 8.11. The first-order valence-electron chi connectivity index (χ1n) is 8.11. The van der Waals surface area contributed by atoms with Crippen LogP contribution in [0.3, 0.4) is 0 Å². The van der Waals surface area contributed by atoms with E-state index in [1.165, 1.54) is 23.9 Å². The van der Waals surface area contributed by atoms with Crippen LogP contribution in [0.25, 0.3) is 0 Å². The molecule has 0 saturated heterocycles. The molecule has 22 heavy (non-hydrogen) atoms. The molecule has 1 amide bonds. The van der Waals surface area contributed by atoms with Crippen molar-refractivity contribution < 1.29 is 14.3 Å². The van der Waals surface area contributed by atoms with Gasteiger partial charge in [0.15, 0.2) is 5.82 Å². The third-order valence-electron chi connectivity index (χ3n) is 5.60. The van der Waals surface area contributed by atoms with Gasteiger partial charge in [-0.15, -0.1) is 0 Å². The van der Waals surface area contributed by atoms with Crippen LogP contribution in [0.4, 0.5) is 5.82 Å². The second kappa shape index (κ2) is 4.83. The average molecular weight is 303 g/mol. The number of esters is 1. The number of nitrogens with zero attached hydrogens (tertiary/aromatic N) is 2. The van der Waals surface area contributed by atoms with E-state index in [4.69, 9.17) is 4.74 Å². The van der Waals surface area contributed by atoms with Crippen LogP contribution < -0.4 is 5.32 Å². The van der Waals surface area contributed by atoms with Gasteiger partial charge in [0.2, 0.25) is 5.91 Å². The summed E-state index contributed by atoms with van der Waals surface area (Å²) < 4.78 is 6.54. The maximum absolute atomic E-state index is 12.5. The summed E-state index contributed by atoms with van der Waals surface area (Å²) in [5.74, 6) is 2.68. The van der Waals surface area contributed by atoms with Crippen LogP contribution in [0.15, 0.2) is 6.20 Å². The monoisotopic (exact) mass is 303 g/mol. The highest BCUT2D eigenvalue weighted by molar-refractivity contribution is 6.01. The van der Waals surface area contributed by atoms with E-state index >= 15 is 0 Å². The predicted octanol–water partition coefficient (Wildman–Crippen LogP) is 1.83. The molecule has 3 aliphatic carbocycles. The SMILES string of the molecule is CCOC(=O)c1cn(C)nc1NC(=O)C1[C@@H]2[C@H]3CC[C@@H](C3)[C@H]12. The van der Waals surface area contributed by atoms with Gasteiger partial charge in [-0.25, -0.2) is 4.79 Å². The Morgan fingerprint density at radius 1 is 1.36 bits per heavy atom. The van der Waals surface area contributed by atoms with Crippen molar-refractivity contribution in [2.45, 2.75) is 26.2 Å². The maximum Gasteiger partial charge on any atom is 0.343 e. The van der Waals surface area contributed by atoms with Gasteiger partial charge in [0.1, 0.15) is 5.56 Å². The maximum atomic E-state index is 12.5. The summed E-state index contributed by atoms with van der Waals surface area (Å²) in [5, 5.41) is 7.05. The standard InChI is InChI=1S/C16H21N3O3/c1-3-22-16(21)10-7-19(2)18-14(10)17-15(20)13-11-8-4-5-9(6-8)12(11)13/h7-9,11-13H,3-6H2,1-2H3,(H,17,18,20)/t8-,9-,11-,12+,13?/m0/s1. The van der Waals surface area contributed by atoms with Crippen LogP contribution >= 0.6 is 0 Å². The fourth-order valence-electron chi connectivity index (χ4n) is 4.81. The molecule has 0 aliphatic heterocycles. The Bertz CT molecular complexity index is 623. The Balaban J connectivity index is 1.48. The molecule has 3 saturated carbocycles. The number of fused-ring (bicyclic) bond motifs is 5. The number of rotatable bonds is 4. The number of carbonyl (C=O) groups excluding carboxylic acids is 2. The number of anilines is 1. The summed E-state index contributed by atoms with van der Waals surface area (Å²) in [5.41, 5.74) is 0.325. The molecule has 5 atom stereocenters. The smallest absolute Gasteiger partial charge is 0.343 e. The van der Waals surface area contributed by atoms with E-state index in [2.05, 4.69) is 10.4 Å². The van der Waals surface area contributed by atoms with Crippen LogP contribution in [0, 0.1) is 29.6 Å². The number of hydrogen-bond donors (Lipinski definition) is 1. The number of amides is 1. The van der Waals surface area contributed by atoms with Crippen molar-refractivity contribution in [3.05, 3.63) is 11.8 Å². The molecule has 6 nitrogen and oxygen atoms in total. The van der Waals surface area contributed by atoms with E-state index in [0.29, 0.717) is 29.8 Å². The Morgan fingerprint density at radius 3 is 2.68 bits per heavy atom. The van der Waals surface area contributed by atoms with Crippen LogP contribution in [-0.4, -0.2) is 28.3 Å². The summed E-state index contributed by atoms with van der Waals surface area (Å²) in [6, 6.07) is 0. The molecule has 0 radical (unpaired) electrons. The predicted molar refractivity (Wildman–Crippen MR) is 79.1 cm³/mol. The van der Waals surface area contributed by atoms with Crippen LogP contribution in [0.5, 0.6) is 0 Å². The lowest BCUT2D eigenvalue weighted by molar-refractivity contribution is -0.118. The highest BCUT2D eigenvalue weighted by atomic mass is 16.5. The number of carbonyl (C=O) groups is 2. The minimum absolute atomic E-state index is 0.0239. The minimum Gasteiger partial charge on any atom is -0.462 e. The Morgan fingerprint density at radius 2 is 2.05 bits per heavy atom. The molecule has 4 rings (SSSR count). The Hall–Kier alpha value is -1.85. The molecule has 2 bridgehead atoms. The summed E-state index contributed by atoms with van der Waals surface area (Å²) in [7, 11) is 1.73. The van der Waals surface area contributed by atoms with Crippen molar-refractivity contribution in [1.82, 2.24) is 9.78 Å². The third kappa shape index (κ3) is 1.96. The van der Waals surface area contributed by atoms with E-state index in [1.807, 2.05) is 0 Å². The molecule has 118 valence electrons. The molecular formula is C16H21N3O3. The average Bonchev–Trinajstić information content (AvgIpc) is 2.78. The van der Waals surface area contributed by atoms with E-state index in [-0.39, 0.29) is 11.8 Å². The lowest BCUT2D eigenvalue weighted by Crippen LogP contribution is -2.20. The first kappa shape index (κ1) is 13.8. The minimum atomic E-state index is -0.443. The number of aryl methyl sites for hydroxylation is 1. The van der Waals surface area contributed by atoms with Crippen molar-refractivity contribution in [2.75, 3.05) is 11.9 Å². The number of ether oxygens (including phenoxy) is 1. The summed E-state index contributed by atoms with van der Waals surface area (Å²) in [6.07, 6.45) is 5.47. The lowest BCUT2D eigenvalue weighted by Gasteiger charge is -2.09. The van der Waals surface area contributed by atoms with Gasteiger partial charge in [-0.05, 0) is 49.9 Å². The second-order valence-electron chi connectivity index (χ2n) is 6.79. The van der Waals surface area contributed by atoms with Gasteiger partial charge in [0.05, 0.1) is 6.61 Å². The van der Waals surface area contributed by atoms with Gasteiger partial charge in [0, 0.05) is 19.2 Å².